The molecule has 1 aromatic heterocycles. The molecular formula is C11H16N2O2S. The van der Waals surface area contributed by atoms with Gasteiger partial charge in [-0.15, -0.1) is 0 Å². The van der Waals surface area contributed by atoms with E-state index < -0.39 is 0 Å². The number of aromatic nitrogens is 1. The maximum absolute atomic E-state index is 10.8. The van der Waals surface area contributed by atoms with Gasteiger partial charge in [-0.3, -0.25) is 4.79 Å². The zero-order chi connectivity index (χ0) is 11.8. The summed E-state index contributed by atoms with van der Waals surface area (Å²) >= 11 is 1.46. The highest BCUT2D eigenvalue weighted by atomic mass is 32.1. The fourth-order valence-electron chi connectivity index (χ4n) is 1.82. The topological polar surface area (TPSA) is 42.4 Å². The van der Waals surface area contributed by atoms with Crippen molar-refractivity contribution in [3.63, 3.8) is 0 Å². The molecule has 0 unspecified atom stereocenters. The zero-order valence-electron chi connectivity index (χ0n) is 9.82. The monoisotopic (exact) mass is 240 g/mol. The van der Waals surface area contributed by atoms with Gasteiger partial charge < -0.3 is 9.64 Å². The molecule has 0 aromatic carbocycles. The van der Waals surface area contributed by atoms with Crippen LogP contribution in [0.1, 0.15) is 29.2 Å². The number of rotatable bonds is 2. The van der Waals surface area contributed by atoms with Gasteiger partial charge in [0.25, 0.3) is 0 Å². The molecule has 1 aliphatic heterocycles. The van der Waals surface area contributed by atoms with E-state index in [4.69, 9.17) is 4.74 Å². The highest BCUT2D eigenvalue weighted by Crippen LogP contribution is 2.28. The smallest absolute Gasteiger partial charge is 0.186 e. The van der Waals surface area contributed by atoms with E-state index in [1.165, 1.54) is 11.3 Å². The van der Waals surface area contributed by atoms with Gasteiger partial charge in [0.15, 0.2) is 11.4 Å². The molecule has 88 valence electrons. The van der Waals surface area contributed by atoms with Crippen LogP contribution in [0.25, 0.3) is 0 Å². The SMILES string of the molecule is Cc1nc(N2CCOC(C)(C)C2)sc1C=O. The third-order valence-electron chi connectivity index (χ3n) is 2.62. The van der Waals surface area contributed by atoms with E-state index in [9.17, 15) is 4.79 Å². The van der Waals surface area contributed by atoms with E-state index in [1.54, 1.807) is 0 Å². The summed E-state index contributed by atoms with van der Waals surface area (Å²) in [6.45, 7) is 8.38. The lowest BCUT2D eigenvalue weighted by atomic mass is 10.1. The minimum atomic E-state index is -0.140. The Kier molecular flexibility index (Phi) is 2.99. The van der Waals surface area contributed by atoms with Crippen molar-refractivity contribution >= 4 is 22.8 Å². The number of nitrogens with zero attached hydrogens (tertiary/aromatic N) is 2. The summed E-state index contributed by atoms with van der Waals surface area (Å²) in [6.07, 6.45) is 0.877. The molecule has 0 amide bonds. The Labute approximate surface area is 99.2 Å². The molecule has 0 radical (unpaired) electrons. The number of morpholine rings is 1. The second-order valence-electron chi connectivity index (χ2n) is 4.59. The van der Waals surface area contributed by atoms with Crippen LogP contribution in [-0.2, 0) is 4.74 Å². The third kappa shape index (κ3) is 2.25. The Morgan fingerprint density at radius 2 is 2.31 bits per heavy atom. The molecule has 2 heterocycles. The van der Waals surface area contributed by atoms with Crippen molar-refractivity contribution in [3.05, 3.63) is 10.6 Å². The van der Waals surface area contributed by atoms with Crippen molar-refractivity contribution < 1.29 is 9.53 Å². The molecule has 0 aliphatic carbocycles. The van der Waals surface area contributed by atoms with Crippen molar-refractivity contribution in [2.75, 3.05) is 24.6 Å². The van der Waals surface area contributed by atoms with E-state index >= 15 is 0 Å². The number of carbonyl (C=O) groups excluding carboxylic acids is 1. The average Bonchev–Trinajstić information content (AvgIpc) is 2.58. The van der Waals surface area contributed by atoms with Gasteiger partial charge in [0.2, 0.25) is 0 Å². The van der Waals surface area contributed by atoms with Gasteiger partial charge in [-0.2, -0.15) is 0 Å². The number of hydrogen-bond donors (Lipinski definition) is 0. The summed E-state index contributed by atoms with van der Waals surface area (Å²) in [5.41, 5.74) is 0.679. The van der Waals surface area contributed by atoms with Crippen LogP contribution in [0.2, 0.25) is 0 Å². The minimum absolute atomic E-state index is 0.140. The number of anilines is 1. The normalized spacial score (nSPS) is 19.8. The number of ether oxygens (including phenoxy) is 1. The first-order valence-electron chi connectivity index (χ1n) is 5.33. The van der Waals surface area contributed by atoms with Crippen LogP contribution in [-0.4, -0.2) is 36.6 Å². The van der Waals surface area contributed by atoms with E-state index in [1.807, 2.05) is 6.92 Å². The lowest BCUT2D eigenvalue weighted by Crippen LogP contribution is -2.48. The molecule has 0 saturated carbocycles. The fraction of sp³-hybridized carbons (Fsp3) is 0.636. The van der Waals surface area contributed by atoms with E-state index in [0.717, 1.165) is 35.1 Å². The molecule has 16 heavy (non-hydrogen) atoms. The average molecular weight is 240 g/mol. The van der Waals surface area contributed by atoms with Crippen LogP contribution in [0.3, 0.4) is 0 Å². The lowest BCUT2D eigenvalue weighted by Gasteiger charge is -2.37. The Hall–Kier alpha value is -0.940. The van der Waals surface area contributed by atoms with Crippen molar-refractivity contribution in [1.82, 2.24) is 4.98 Å². The maximum atomic E-state index is 10.8. The molecule has 1 fully saturated rings. The maximum Gasteiger partial charge on any atom is 0.186 e. The van der Waals surface area contributed by atoms with Crippen molar-refractivity contribution in [1.29, 1.82) is 0 Å². The van der Waals surface area contributed by atoms with Gasteiger partial charge in [-0.1, -0.05) is 11.3 Å². The van der Waals surface area contributed by atoms with Crippen LogP contribution in [0.15, 0.2) is 0 Å². The van der Waals surface area contributed by atoms with Gasteiger partial charge in [-0.05, 0) is 20.8 Å². The van der Waals surface area contributed by atoms with Gasteiger partial charge in [0.05, 0.1) is 22.8 Å². The zero-order valence-corrected chi connectivity index (χ0v) is 10.6. The summed E-state index contributed by atoms with van der Waals surface area (Å²) in [5.74, 6) is 0. The summed E-state index contributed by atoms with van der Waals surface area (Å²) < 4.78 is 5.65. The van der Waals surface area contributed by atoms with Crippen LogP contribution in [0, 0.1) is 6.92 Å². The van der Waals surface area contributed by atoms with E-state index in [-0.39, 0.29) is 5.60 Å². The summed E-state index contributed by atoms with van der Waals surface area (Å²) in [4.78, 5) is 18.1. The quantitative estimate of drug-likeness (QED) is 0.740. The molecule has 0 bridgehead atoms. The number of hydrogen-bond acceptors (Lipinski definition) is 5. The molecule has 4 nitrogen and oxygen atoms in total. The van der Waals surface area contributed by atoms with Crippen LogP contribution < -0.4 is 4.90 Å². The Bertz CT molecular complexity index is 401. The Morgan fingerprint density at radius 1 is 1.56 bits per heavy atom. The van der Waals surface area contributed by atoms with Gasteiger partial charge in [-0.25, -0.2) is 4.98 Å². The number of thiazole rings is 1. The molecule has 0 spiro atoms. The van der Waals surface area contributed by atoms with E-state index in [0.29, 0.717) is 6.61 Å². The van der Waals surface area contributed by atoms with Gasteiger partial charge >= 0.3 is 0 Å². The van der Waals surface area contributed by atoms with Gasteiger partial charge in [0, 0.05) is 13.1 Å². The summed E-state index contributed by atoms with van der Waals surface area (Å²) in [7, 11) is 0. The number of aldehydes is 1. The predicted molar refractivity (Wildman–Crippen MR) is 64.5 cm³/mol. The predicted octanol–water partition coefficient (Wildman–Crippen LogP) is 1.88. The van der Waals surface area contributed by atoms with Crippen LogP contribution >= 0.6 is 11.3 Å². The van der Waals surface area contributed by atoms with Crippen LogP contribution in [0.4, 0.5) is 5.13 Å². The molecule has 5 heteroatoms. The number of aryl methyl sites for hydroxylation is 1. The van der Waals surface area contributed by atoms with E-state index in [2.05, 4.69) is 23.7 Å². The first-order chi connectivity index (χ1) is 7.52. The fourth-order valence-corrected chi connectivity index (χ4v) is 2.72. The first-order valence-corrected chi connectivity index (χ1v) is 6.15. The van der Waals surface area contributed by atoms with Crippen molar-refractivity contribution in [2.24, 2.45) is 0 Å². The highest BCUT2D eigenvalue weighted by Gasteiger charge is 2.28. The Balaban J connectivity index is 2.20. The first kappa shape index (κ1) is 11.5. The number of carbonyl (C=O) groups is 1. The second kappa shape index (κ2) is 4.14. The molecular weight excluding hydrogens is 224 g/mol. The molecule has 2 rings (SSSR count). The Morgan fingerprint density at radius 3 is 2.88 bits per heavy atom. The molecule has 1 aromatic rings. The minimum Gasteiger partial charge on any atom is -0.372 e. The van der Waals surface area contributed by atoms with Gasteiger partial charge in [0.1, 0.15) is 0 Å². The van der Waals surface area contributed by atoms with Crippen molar-refractivity contribution in [3.8, 4) is 0 Å². The standard InChI is InChI=1S/C11H16N2O2S/c1-8-9(6-14)16-10(12-8)13-4-5-15-11(2,3)7-13/h6H,4-5,7H2,1-3H3. The summed E-state index contributed by atoms with van der Waals surface area (Å²) in [6, 6.07) is 0. The molecule has 1 aliphatic rings. The lowest BCUT2D eigenvalue weighted by molar-refractivity contribution is -0.0277. The molecule has 0 N–H and O–H groups in total. The molecule has 0 atom stereocenters. The van der Waals surface area contributed by atoms with Crippen LogP contribution in [0.5, 0.6) is 0 Å². The molecule has 1 saturated heterocycles. The highest BCUT2D eigenvalue weighted by molar-refractivity contribution is 7.17. The van der Waals surface area contributed by atoms with Crippen molar-refractivity contribution in [2.45, 2.75) is 26.4 Å². The second-order valence-corrected chi connectivity index (χ2v) is 5.60. The summed E-state index contributed by atoms with van der Waals surface area (Å²) in [5, 5.41) is 0.927. The largest absolute Gasteiger partial charge is 0.372 e. The third-order valence-corrected chi connectivity index (χ3v) is 3.77.